The first kappa shape index (κ1) is 13.2. The second kappa shape index (κ2) is 6.01. The van der Waals surface area contributed by atoms with Gasteiger partial charge < -0.3 is 11.1 Å². The van der Waals surface area contributed by atoms with Crippen molar-refractivity contribution < 1.29 is 4.79 Å². The number of thiophene rings is 1. The zero-order valence-electron chi connectivity index (χ0n) is 10.1. The van der Waals surface area contributed by atoms with Gasteiger partial charge >= 0.3 is 0 Å². The third-order valence-corrected chi connectivity index (χ3v) is 3.94. The van der Waals surface area contributed by atoms with E-state index in [4.69, 9.17) is 5.73 Å². The molecule has 0 saturated heterocycles. The second-order valence-electron chi connectivity index (χ2n) is 4.16. The van der Waals surface area contributed by atoms with Crippen LogP contribution in [0, 0.1) is 5.92 Å². The summed E-state index contributed by atoms with van der Waals surface area (Å²) in [5, 5.41) is 4.95. The molecule has 3 nitrogen and oxygen atoms in total. The predicted octanol–water partition coefficient (Wildman–Crippen LogP) is 2.30. The molecule has 16 heavy (non-hydrogen) atoms. The van der Waals surface area contributed by atoms with E-state index in [0.29, 0.717) is 0 Å². The van der Waals surface area contributed by atoms with Gasteiger partial charge in [0.2, 0.25) is 5.91 Å². The maximum atomic E-state index is 11.8. The number of nitrogens with one attached hydrogen (secondary N) is 1. The van der Waals surface area contributed by atoms with Gasteiger partial charge in [0.05, 0.1) is 12.1 Å². The Morgan fingerprint density at radius 2 is 2.25 bits per heavy atom. The van der Waals surface area contributed by atoms with Crippen molar-refractivity contribution in [3.63, 3.8) is 0 Å². The fraction of sp³-hybridized carbons (Fsp3) is 0.583. The van der Waals surface area contributed by atoms with E-state index in [-0.39, 0.29) is 17.9 Å². The second-order valence-corrected chi connectivity index (χ2v) is 5.14. The van der Waals surface area contributed by atoms with Crippen LogP contribution in [0.1, 0.15) is 38.1 Å². The summed E-state index contributed by atoms with van der Waals surface area (Å²) in [6, 6.07) is 3.64. The van der Waals surface area contributed by atoms with Gasteiger partial charge in [-0.15, -0.1) is 11.3 Å². The van der Waals surface area contributed by atoms with E-state index in [0.717, 1.165) is 11.3 Å². The maximum absolute atomic E-state index is 11.8. The number of amides is 1. The van der Waals surface area contributed by atoms with E-state index in [1.54, 1.807) is 11.3 Å². The molecule has 4 heteroatoms. The summed E-state index contributed by atoms with van der Waals surface area (Å²) in [4.78, 5) is 13.0. The van der Waals surface area contributed by atoms with Gasteiger partial charge in [0.25, 0.3) is 0 Å². The molecule has 3 atom stereocenters. The molecule has 0 saturated carbocycles. The Kier molecular flexibility index (Phi) is 4.96. The molecule has 0 radical (unpaired) electrons. The van der Waals surface area contributed by atoms with Crippen LogP contribution >= 0.6 is 11.3 Å². The summed E-state index contributed by atoms with van der Waals surface area (Å²) in [6.07, 6.45) is 0.919. The van der Waals surface area contributed by atoms with E-state index in [1.165, 1.54) is 0 Å². The van der Waals surface area contributed by atoms with Crippen LogP contribution in [-0.4, -0.2) is 11.9 Å². The lowest BCUT2D eigenvalue weighted by molar-refractivity contribution is -0.124. The van der Waals surface area contributed by atoms with Crippen LogP contribution in [0.15, 0.2) is 17.5 Å². The molecule has 0 aliphatic heterocycles. The number of rotatable bonds is 5. The van der Waals surface area contributed by atoms with E-state index in [9.17, 15) is 4.79 Å². The number of hydrogen-bond donors (Lipinski definition) is 2. The van der Waals surface area contributed by atoms with Gasteiger partial charge in [0.15, 0.2) is 0 Å². The lowest BCUT2D eigenvalue weighted by Crippen LogP contribution is -2.45. The minimum Gasteiger partial charge on any atom is -0.347 e. The van der Waals surface area contributed by atoms with Crippen LogP contribution in [-0.2, 0) is 4.79 Å². The standard InChI is InChI=1S/C12H20N2OS/c1-4-8(2)11(13)12(15)14-9(3)10-6-5-7-16-10/h5-9,11H,4,13H2,1-3H3,(H,14,15)/t8?,9-,11+/m1/s1. The molecule has 1 aromatic rings. The number of hydrogen-bond acceptors (Lipinski definition) is 3. The molecular formula is C12H20N2OS. The molecule has 1 rings (SSSR count). The first-order chi connectivity index (χ1) is 7.56. The third kappa shape index (κ3) is 3.32. The van der Waals surface area contributed by atoms with Gasteiger partial charge in [0.1, 0.15) is 0 Å². The van der Waals surface area contributed by atoms with Crippen LogP contribution in [0.2, 0.25) is 0 Å². The van der Waals surface area contributed by atoms with Gasteiger partial charge in [-0.05, 0) is 24.3 Å². The maximum Gasteiger partial charge on any atom is 0.237 e. The minimum absolute atomic E-state index is 0.0441. The monoisotopic (exact) mass is 240 g/mol. The van der Waals surface area contributed by atoms with Gasteiger partial charge in [0, 0.05) is 4.88 Å². The highest BCUT2D eigenvalue weighted by Gasteiger charge is 2.21. The van der Waals surface area contributed by atoms with Gasteiger partial charge in [-0.3, -0.25) is 4.79 Å². The Hall–Kier alpha value is -0.870. The normalized spacial score (nSPS) is 16.5. The van der Waals surface area contributed by atoms with Crippen molar-refractivity contribution in [2.24, 2.45) is 11.7 Å². The average molecular weight is 240 g/mol. The molecule has 90 valence electrons. The molecule has 3 N–H and O–H groups in total. The van der Waals surface area contributed by atoms with Crippen LogP contribution in [0.4, 0.5) is 0 Å². The first-order valence-corrected chi connectivity index (χ1v) is 6.53. The fourth-order valence-electron chi connectivity index (χ4n) is 1.43. The van der Waals surface area contributed by atoms with Crippen molar-refractivity contribution >= 4 is 17.2 Å². The highest BCUT2D eigenvalue weighted by atomic mass is 32.1. The minimum atomic E-state index is -0.410. The topological polar surface area (TPSA) is 55.1 Å². The Balaban J connectivity index is 2.51. The smallest absolute Gasteiger partial charge is 0.237 e. The summed E-state index contributed by atoms with van der Waals surface area (Å²) >= 11 is 1.64. The molecule has 0 spiro atoms. The summed E-state index contributed by atoms with van der Waals surface area (Å²) in [5.41, 5.74) is 5.86. The molecule has 1 unspecified atom stereocenters. The first-order valence-electron chi connectivity index (χ1n) is 5.65. The highest BCUT2D eigenvalue weighted by Crippen LogP contribution is 2.18. The molecule has 0 aromatic carbocycles. The van der Waals surface area contributed by atoms with Crippen LogP contribution in [0.5, 0.6) is 0 Å². The highest BCUT2D eigenvalue weighted by molar-refractivity contribution is 7.10. The molecule has 0 fully saturated rings. The SMILES string of the molecule is CCC(C)[C@H](N)C(=O)N[C@H](C)c1cccs1. The zero-order valence-corrected chi connectivity index (χ0v) is 10.9. The van der Waals surface area contributed by atoms with Crippen LogP contribution in [0.25, 0.3) is 0 Å². The molecule has 1 heterocycles. The molecule has 0 aliphatic carbocycles. The van der Waals surface area contributed by atoms with Gasteiger partial charge in [-0.1, -0.05) is 26.3 Å². The lowest BCUT2D eigenvalue weighted by atomic mass is 9.99. The van der Waals surface area contributed by atoms with E-state index < -0.39 is 6.04 Å². The fourth-order valence-corrected chi connectivity index (χ4v) is 2.17. The number of carbonyl (C=O) groups excluding carboxylic acids is 1. The summed E-state index contributed by atoms with van der Waals surface area (Å²) in [6.45, 7) is 6.02. The van der Waals surface area contributed by atoms with Gasteiger partial charge in [-0.25, -0.2) is 0 Å². The molecule has 0 aliphatic rings. The van der Waals surface area contributed by atoms with Crippen LogP contribution in [0.3, 0.4) is 0 Å². The molecule has 1 aromatic heterocycles. The third-order valence-electron chi connectivity index (χ3n) is 2.89. The zero-order chi connectivity index (χ0) is 12.1. The average Bonchev–Trinajstić information content (AvgIpc) is 2.80. The van der Waals surface area contributed by atoms with Crippen molar-refractivity contribution in [1.82, 2.24) is 5.32 Å². The van der Waals surface area contributed by atoms with Crippen molar-refractivity contribution in [3.8, 4) is 0 Å². The van der Waals surface area contributed by atoms with E-state index >= 15 is 0 Å². The van der Waals surface area contributed by atoms with Crippen molar-refractivity contribution in [2.45, 2.75) is 39.3 Å². The Labute approximate surface area is 101 Å². The summed E-state index contributed by atoms with van der Waals surface area (Å²) in [7, 11) is 0. The predicted molar refractivity (Wildman–Crippen MR) is 68.3 cm³/mol. The molecule has 0 bridgehead atoms. The van der Waals surface area contributed by atoms with Crippen molar-refractivity contribution in [2.75, 3.05) is 0 Å². The van der Waals surface area contributed by atoms with E-state index in [1.807, 2.05) is 38.3 Å². The summed E-state index contributed by atoms with van der Waals surface area (Å²) in [5.74, 6) is 0.158. The Morgan fingerprint density at radius 3 is 2.75 bits per heavy atom. The van der Waals surface area contributed by atoms with Crippen molar-refractivity contribution in [1.29, 1.82) is 0 Å². The molecular weight excluding hydrogens is 220 g/mol. The Morgan fingerprint density at radius 1 is 1.56 bits per heavy atom. The van der Waals surface area contributed by atoms with Crippen LogP contribution < -0.4 is 11.1 Å². The van der Waals surface area contributed by atoms with Crippen molar-refractivity contribution in [3.05, 3.63) is 22.4 Å². The largest absolute Gasteiger partial charge is 0.347 e. The van der Waals surface area contributed by atoms with Gasteiger partial charge in [-0.2, -0.15) is 0 Å². The lowest BCUT2D eigenvalue weighted by Gasteiger charge is -2.20. The quantitative estimate of drug-likeness (QED) is 0.829. The van der Waals surface area contributed by atoms with E-state index in [2.05, 4.69) is 5.32 Å². The number of nitrogens with two attached hydrogens (primary N) is 1. The molecule has 1 amide bonds. The number of carbonyl (C=O) groups is 1. The summed E-state index contributed by atoms with van der Waals surface area (Å²) < 4.78 is 0. The Bertz CT molecular complexity index is 324.